The van der Waals surface area contributed by atoms with Gasteiger partial charge in [0.05, 0.1) is 32.4 Å². The van der Waals surface area contributed by atoms with Crippen LogP contribution < -0.4 is 5.32 Å². The van der Waals surface area contributed by atoms with Crippen molar-refractivity contribution in [1.29, 1.82) is 0 Å². The van der Waals surface area contributed by atoms with E-state index in [1.807, 2.05) is 0 Å². The Hall–Kier alpha value is -1.14. The van der Waals surface area contributed by atoms with Crippen LogP contribution in [0.25, 0.3) is 0 Å². The Morgan fingerprint density at radius 1 is 1.44 bits per heavy atom. The van der Waals surface area contributed by atoms with Gasteiger partial charge in [-0.3, -0.25) is 9.59 Å². The molecule has 1 saturated heterocycles. The Morgan fingerprint density at radius 2 is 2.11 bits per heavy atom. The van der Waals surface area contributed by atoms with Crippen molar-refractivity contribution in [2.24, 2.45) is 5.41 Å². The van der Waals surface area contributed by atoms with Crippen LogP contribution in [0.15, 0.2) is 0 Å². The van der Waals surface area contributed by atoms with Gasteiger partial charge >= 0.3 is 0 Å². The molecule has 1 atom stereocenters. The molecular formula is C12H22N2O4. The number of rotatable bonds is 3. The fourth-order valence-corrected chi connectivity index (χ4v) is 1.66. The number of carbonyl (C=O) groups excluding carboxylic acids is 2. The maximum Gasteiger partial charge on any atom is 0.242 e. The van der Waals surface area contributed by atoms with E-state index < -0.39 is 5.41 Å². The number of carbonyl (C=O) groups is 2. The summed E-state index contributed by atoms with van der Waals surface area (Å²) in [5.74, 6) is -0.348. The molecule has 1 fully saturated rings. The first-order valence-electron chi connectivity index (χ1n) is 6.12. The molecule has 6 heteroatoms. The second-order valence-electron chi connectivity index (χ2n) is 5.43. The molecular weight excluding hydrogens is 236 g/mol. The lowest BCUT2D eigenvalue weighted by molar-refractivity contribution is -0.142. The van der Waals surface area contributed by atoms with Crippen LogP contribution in [0.2, 0.25) is 0 Å². The van der Waals surface area contributed by atoms with Crippen LogP contribution in [0, 0.1) is 5.41 Å². The fraction of sp³-hybridized carbons (Fsp3) is 0.833. The summed E-state index contributed by atoms with van der Waals surface area (Å²) in [5.41, 5.74) is -0.512. The molecule has 2 amide bonds. The Labute approximate surface area is 107 Å². The minimum atomic E-state index is -0.512. The van der Waals surface area contributed by atoms with E-state index in [1.165, 1.54) is 0 Å². The summed E-state index contributed by atoms with van der Waals surface area (Å²) in [5, 5.41) is 11.8. The zero-order chi connectivity index (χ0) is 13.8. The van der Waals surface area contributed by atoms with Crippen LogP contribution in [0.1, 0.15) is 20.8 Å². The van der Waals surface area contributed by atoms with Crippen molar-refractivity contribution >= 4 is 11.8 Å². The summed E-state index contributed by atoms with van der Waals surface area (Å²) in [4.78, 5) is 25.2. The average molecular weight is 258 g/mol. The zero-order valence-corrected chi connectivity index (χ0v) is 11.2. The Kier molecular flexibility index (Phi) is 5.10. The maximum atomic E-state index is 11.9. The monoisotopic (exact) mass is 258 g/mol. The molecule has 1 heterocycles. The van der Waals surface area contributed by atoms with Crippen LogP contribution in [0.4, 0.5) is 0 Å². The molecule has 1 aliphatic rings. The third-order valence-electron chi connectivity index (χ3n) is 2.84. The van der Waals surface area contributed by atoms with Crippen molar-refractivity contribution in [2.75, 3.05) is 32.9 Å². The van der Waals surface area contributed by atoms with Gasteiger partial charge in [0.15, 0.2) is 0 Å². The van der Waals surface area contributed by atoms with Gasteiger partial charge in [-0.15, -0.1) is 0 Å². The highest BCUT2D eigenvalue weighted by molar-refractivity contribution is 5.87. The number of hydrogen-bond acceptors (Lipinski definition) is 4. The number of hydrogen-bond donors (Lipinski definition) is 2. The molecule has 0 aromatic carbocycles. The van der Waals surface area contributed by atoms with Crippen molar-refractivity contribution in [3.05, 3.63) is 0 Å². The fourth-order valence-electron chi connectivity index (χ4n) is 1.66. The molecule has 2 N–H and O–H groups in total. The molecule has 0 aliphatic carbocycles. The lowest BCUT2D eigenvalue weighted by Crippen LogP contribution is -2.53. The number of aliphatic hydroxyl groups excluding tert-OH is 1. The Balaban J connectivity index is 2.47. The van der Waals surface area contributed by atoms with Crippen LogP contribution in [0.3, 0.4) is 0 Å². The van der Waals surface area contributed by atoms with E-state index in [1.54, 1.807) is 25.7 Å². The topological polar surface area (TPSA) is 78.9 Å². The van der Waals surface area contributed by atoms with Gasteiger partial charge in [0, 0.05) is 12.0 Å². The largest absolute Gasteiger partial charge is 0.394 e. The Morgan fingerprint density at radius 3 is 2.67 bits per heavy atom. The number of aliphatic hydroxyl groups is 1. The van der Waals surface area contributed by atoms with Gasteiger partial charge in [-0.2, -0.15) is 0 Å². The van der Waals surface area contributed by atoms with Crippen molar-refractivity contribution in [3.8, 4) is 0 Å². The molecule has 6 nitrogen and oxygen atoms in total. The molecule has 0 spiro atoms. The first-order chi connectivity index (χ1) is 8.36. The molecule has 1 aliphatic heterocycles. The van der Waals surface area contributed by atoms with E-state index >= 15 is 0 Å². The maximum absolute atomic E-state index is 11.9. The van der Waals surface area contributed by atoms with Gasteiger partial charge in [-0.05, 0) is 0 Å². The number of morpholine rings is 1. The second-order valence-corrected chi connectivity index (χ2v) is 5.43. The second kappa shape index (κ2) is 6.15. The molecule has 0 radical (unpaired) electrons. The SMILES string of the molecule is CC(C)(C)C(=O)NCC(=O)N1CCOCC1CO. The van der Waals surface area contributed by atoms with Crippen molar-refractivity contribution < 1.29 is 19.4 Å². The van der Waals surface area contributed by atoms with E-state index in [0.29, 0.717) is 19.8 Å². The van der Waals surface area contributed by atoms with Gasteiger partial charge in [-0.25, -0.2) is 0 Å². The quantitative estimate of drug-likeness (QED) is 0.706. The van der Waals surface area contributed by atoms with Crippen LogP contribution >= 0.6 is 0 Å². The minimum Gasteiger partial charge on any atom is -0.394 e. The predicted molar refractivity (Wildman–Crippen MR) is 65.9 cm³/mol. The minimum absolute atomic E-state index is 0.0351. The lowest BCUT2D eigenvalue weighted by Gasteiger charge is -2.34. The molecule has 0 saturated carbocycles. The molecule has 18 heavy (non-hydrogen) atoms. The van der Waals surface area contributed by atoms with Gasteiger partial charge in [-0.1, -0.05) is 20.8 Å². The first-order valence-corrected chi connectivity index (χ1v) is 6.12. The van der Waals surface area contributed by atoms with Crippen LogP contribution in [-0.4, -0.2) is 60.8 Å². The third-order valence-corrected chi connectivity index (χ3v) is 2.84. The molecule has 1 unspecified atom stereocenters. The van der Waals surface area contributed by atoms with E-state index in [2.05, 4.69) is 5.32 Å². The lowest BCUT2D eigenvalue weighted by atomic mass is 9.96. The summed E-state index contributed by atoms with van der Waals surface area (Å²) < 4.78 is 5.19. The summed E-state index contributed by atoms with van der Waals surface area (Å²) in [6.07, 6.45) is 0. The summed E-state index contributed by atoms with van der Waals surface area (Å²) in [7, 11) is 0. The van der Waals surface area contributed by atoms with Crippen LogP contribution in [-0.2, 0) is 14.3 Å². The number of amides is 2. The number of ether oxygens (including phenoxy) is 1. The summed E-state index contributed by atoms with van der Waals surface area (Å²) in [6.45, 7) is 6.47. The van der Waals surface area contributed by atoms with Crippen molar-refractivity contribution in [1.82, 2.24) is 10.2 Å². The predicted octanol–water partition coefficient (Wildman–Crippen LogP) is -0.632. The van der Waals surface area contributed by atoms with Crippen molar-refractivity contribution in [2.45, 2.75) is 26.8 Å². The molecule has 104 valence electrons. The van der Waals surface area contributed by atoms with Gasteiger partial charge < -0.3 is 20.1 Å². The highest BCUT2D eigenvalue weighted by Gasteiger charge is 2.28. The zero-order valence-electron chi connectivity index (χ0n) is 11.2. The standard InChI is InChI=1S/C12H22N2O4/c1-12(2,3)11(17)13-6-10(16)14-4-5-18-8-9(14)7-15/h9,15H,4-8H2,1-3H3,(H,13,17). The van der Waals surface area contributed by atoms with E-state index in [9.17, 15) is 9.59 Å². The van der Waals surface area contributed by atoms with E-state index in [0.717, 1.165) is 0 Å². The smallest absolute Gasteiger partial charge is 0.242 e. The molecule has 1 rings (SSSR count). The highest BCUT2D eigenvalue weighted by atomic mass is 16.5. The van der Waals surface area contributed by atoms with Gasteiger partial charge in [0.1, 0.15) is 0 Å². The first kappa shape index (κ1) is 14.9. The summed E-state index contributed by atoms with van der Waals surface area (Å²) in [6, 6.07) is -0.308. The molecule has 0 bridgehead atoms. The number of nitrogens with zero attached hydrogens (tertiary/aromatic N) is 1. The highest BCUT2D eigenvalue weighted by Crippen LogP contribution is 2.12. The molecule has 0 aromatic rings. The molecule has 0 aromatic heterocycles. The van der Waals surface area contributed by atoms with E-state index in [-0.39, 0.29) is 31.0 Å². The third kappa shape index (κ3) is 3.96. The van der Waals surface area contributed by atoms with Crippen LogP contribution in [0.5, 0.6) is 0 Å². The van der Waals surface area contributed by atoms with Gasteiger partial charge in [0.2, 0.25) is 11.8 Å². The normalized spacial score (nSPS) is 20.7. The average Bonchev–Trinajstić information content (AvgIpc) is 2.34. The summed E-state index contributed by atoms with van der Waals surface area (Å²) >= 11 is 0. The van der Waals surface area contributed by atoms with E-state index in [4.69, 9.17) is 9.84 Å². The number of nitrogens with one attached hydrogen (secondary N) is 1. The van der Waals surface area contributed by atoms with Gasteiger partial charge in [0.25, 0.3) is 0 Å². The Bertz CT molecular complexity index is 312. The van der Waals surface area contributed by atoms with Crippen molar-refractivity contribution in [3.63, 3.8) is 0 Å².